The van der Waals surface area contributed by atoms with Crippen LogP contribution in [0.15, 0.2) is 24.3 Å². The molecule has 2 aliphatic rings. The summed E-state index contributed by atoms with van der Waals surface area (Å²) >= 11 is 0. The number of aliphatic hydroxyl groups is 1. The maximum absolute atomic E-state index is 11.3. The summed E-state index contributed by atoms with van der Waals surface area (Å²) < 4.78 is 10.1. The molecule has 0 aromatic rings. The number of alkyl carbamates (subject to hydrolysis) is 2. The summed E-state index contributed by atoms with van der Waals surface area (Å²) in [5.41, 5.74) is -0.985. The van der Waals surface area contributed by atoms with E-state index in [0.717, 1.165) is 8.58 Å². The molecule has 0 saturated heterocycles. The van der Waals surface area contributed by atoms with E-state index < -0.39 is 29.5 Å². The molecule has 3 atom stereocenters. The van der Waals surface area contributed by atoms with Gasteiger partial charge in [-0.3, -0.25) is 4.79 Å². The van der Waals surface area contributed by atoms with Gasteiger partial charge in [0.15, 0.2) is 5.78 Å². The third kappa shape index (κ3) is 17.7. The summed E-state index contributed by atoms with van der Waals surface area (Å²) in [6.07, 6.45) is 6.07. The number of amides is 2. The second kappa shape index (κ2) is 15.0. The van der Waals surface area contributed by atoms with Gasteiger partial charge in [0.1, 0.15) is 11.2 Å². The van der Waals surface area contributed by atoms with Crippen LogP contribution in [0.2, 0.25) is 0 Å². The molecule has 0 unspecified atom stereocenters. The van der Waals surface area contributed by atoms with E-state index in [1.807, 2.05) is 20.8 Å². The second-order valence-electron chi connectivity index (χ2n) is 9.22. The predicted octanol–water partition coefficient (Wildman–Crippen LogP) is 4.17. The van der Waals surface area contributed by atoms with Gasteiger partial charge < -0.3 is 25.2 Å². The van der Waals surface area contributed by atoms with Crippen molar-refractivity contribution in [3.63, 3.8) is 0 Å². The highest BCUT2D eigenvalue weighted by Gasteiger charge is 2.23. The standard InChI is InChI=1S/C10H17NO3.C10H15NO3.C2H7P.CH4/c2*1-10(2,3)14-9(13)11-7-4-5-8(12)6-7;1-3-2;/h4-5,7-8,12H,6H2,1-3H3,(H,11,13);4-5,7H,6H2,1-3H3,(H,11,13);3H,1-2H3;1H4/t7-,8+;7-;;/m00../s1. The average molecular weight is 475 g/mol. The van der Waals surface area contributed by atoms with Crippen molar-refractivity contribution in [1.29, 1.82) is 0 Å². The van der Waals surface area contributed by atoms with E-state index in [-0.39, 0.29) is 25.3 Å². The maximum atomic E-state index is 11.3. The zero-order valence-electron chi connectivity index (χ0n) is 19.9. The van der Waals surface area contributed by atoms with Crippen LogP contribution in [0.4, 0.5) is 9.59 Å². The monoisotopic (exact) mass is 474 g/mol. The predicted molar refractivity (Wildman–Crippen MR) is 132 cm³/mol. The molecule has 0 aliphatic heterocycles. The molecular formula is C23H43N2O6P. The Bertz CT molecular complexity index is 650. The molecule has 0 bridgehead atoms. The van der Waals surface area contributed by atoms with E-state index in [0.29, 0.717) is 12.8 Å². The highest BCUT2D eigenvalue weighted by molar-refractivity contribution is 7.35. The summed E-state index contributed by atoms with van der Waals surface area (Å²) in [6, 6.07) is -0.322. The Morgan fingerprint density at radius 2 is 1.38 bits per heavy atom. The second-order valence-corrected chi connectivity index (χ2v) is 10.2. The molecule has 0 spiro atoms. The number of aliphatic hydroxyl groups excluding tert-OH is 1. The summed E-state index contributed by atoms with van der Waals surface area (Å²) in [7, 11) is 1.08. The summed E-state index contributed by atoms with van der Waals surface area (Å²) in [6.45, 7) is 15.1. The fourth-order valence-corrected chi connectivity index (χ4v) is 2.38. The maximum Gasteiger partial charge on any atom is 0.408 e. The van der Waals surface area contributed by atoms with Crippen molar-refractivity contribution in [2.24, 2.45) is 0 Å². The molecule has 2 aliphatic carbocycles. The molecule has 32 heavy (non-hydrogen) atoms. The van der Waals surface area contributed by atoms with Crippen LogP contribution in [0.3, 0.4) is 0 Å². The van der Waals surface area contributed by atoms with E-state index in [4.69, 9.17) is 14.6 Å². The molecule has 0 fully saturated rings. The Morgan fingerprint density at radius 3 is 1.69 bits per heavy atom. The number of hydrogen-bond acceptors (Lipinski definition) is 6. The molecule has 2 amide bonds. The third-order valence-corrected chi connectivity index (χ3v) is 3.40. The number of allylic oxidation sites excluding steroid dienone is 1. The van der Waals surface area contributed by atoms with Gasteiger partial charge in [-0.05, 0) is 60.9 Å². The van der Waals surface area contributed by atoms with Crippen molar-refractivity contribution < 1.29 is 29.0 Å². The minimum Gasteiger partial charge on any atom is -0.444 e. The zero-order valence-corrected chi connectivity index (χ0v) is 20.9. The summed E-state index contributed by atoms with van der Waals surface area (Å²) in [5, 5.41) is 14.4. The quantitative estimate of drug-likeness (QED) is 0.409. The number of carbonyl (C=O) groups is 3. The highest BCUT2D eigenvalue weighted by Crippen LogP contribution is 2.12. The SMILES string of the molecule is C.CC(C)(C)OC(=O)N[C@H]1C=CC(=O)C1.CC(C)(C)OC(=O)N[C@H]1C=C[C@@H](O)C1.CPC. The largest absolute Gasteiger partial charge is 0.444 e. The van der Waals surface area contributed by atoms with E-state index in [9.17, 15) is 14.4 Å². The van der Waals surface area contributed by atoms with Crippen molar-refractivity contribution in [3.05, 3.63) is 24.3 Å². The molecule has 9 heteroatoms. The number of rotatable bonds is 2. The van der Waals surface area contributed by atoms with E-state index in [1.165, 1.54) is 6.08 Å². The Morgan fingerprint density at radius 1 is 0.938 bits per heavy atom. The van der Waals surface area contributed by atoms with Crippen LogP contribution >= 0.6 is 8.58 Å². The molecule has 0 saturated carbocycles. The van der Waals surface area contributed by atoms with Crippen LogP contribution in [-0.2, 0) is 14.3 Å². The van der Waals surface area contributed by atoms with Gasteiger partial charge in [-0.1, -0.05) is 25.7 Å². The summed E-state index contributed by atoms with van der Waals surface area (Å²) in [5.74, 6) is 0.0334. The molecule has 0 aromatic heterocycles. The van der Waals surface area contributed by atoms with Gasteiger partial charge in [0.25, 0.3) is 0 Å². The lowest BCUT2D eigenvalue weighted by Gasteiger charge is -2.21. The topological polar surface area (TPSA) is 114 Å². The Balaban J connectivity index is 0. The number of ketones is 1. The van der Waals surface area contributed by atoms with E-state index in [2.05, 4.69) is 24.0 Å². The molecule has 0 radical (unpaired) electrons. The van der Waals surface area contributed by atoms with Crippen molar-refractivity contribution >= 4 is 26.6 Å². The van der Waals surface area contributed by atoms with Crippen LogP contribution in [0.25, 0.3) is 0 Å². The van der Waals surface area contributed by atoms with Gasteiger partial charge in [0.05, 0.1) is 18.2 Å². The third-order valence-electron chi connectivity index (χ3n) is 3.40. The van der Waals surface area contributed by atoms with Gasteiger partial charge >= 0.3 is 12.2 Å². The fourth-order valence-electron chi connectivity index (χ4n) is 2.38. The fraction of sp³-hybridized carbons (Fsp3) is 0.696. The minimum atomic E-state index is -0.504. The van der Waals surface area contributed by atoms with E-state index >= 15 is 0 Å². The van der Waals surface area contributed by atoms with Crippen molar-refractivity contribution in [1.82, 2.24) is 10.6 Å². The van der Waals surface area contributed by atoms with Crippen LogP contribution in [0.1, 0.15) is 61.8 Å². The first-order chi connectivity index (χ1) is 14.1. The molecule has 3 N–H and O–H groups in total. The van der Waals surface area contributed by atoms with Gasteiger partial charge in [-0.2, -0.15) is 0 Å². The number of nitrogens with one attached hydrogen (secondary N) is 2. The van der Waals surface area contributed by atoms with Crippen molar-refractivity contribution in [2.75, 3.05) is 13.3 Å². The highest BCUT2D eigenvalue weighted by atomic mass is 31.1. The number of ether oxygens (including phenoxy) is 2. The van der Waals surface area contributed by atoms with Crippen molar-refractivity contribution in [3.8, 4) is 0 Å². The van der Waals surface area contributed by atoms with E-state index in [1.54, 1.807) is 39.0 Å². The van der Waals surface area contributed by atoms with Crippen LogP contribution in [0, 0.1) is 0 Å². The number of hydrogen-bond donors (Lipinski definition) is 3. The van der Waals surface area contributed by atoms with Crippen LogP contribution < -0.4 is 10.6 Å². The molecular weight excluding hydrogens is 431 g/mol. The first-order valence-corrected chi connectivity index (χ1v) is 12.3. The molecule has 8 nitrogen and oxygen atoms in total. The summed E-state index contributed by atoms with van der Waals surface area (Å²) in [4.78, 5) is 33.4. The minimum absolute atomic E-state index is 0. The normalized spacial score (nSPS) is 21.3. The molecule has 2 rings (SSSR count). The Kier molecular flexibility index (Phi) is 15.1. The van der Waals surface area contributed by atoms with Crippen LogP contribution in [-0.4, -0.2) is 65.8 Å². The van der Waals surface area contributed by atoms with Crippen molar-refractivity contribution in [2.45, 2.75) is 91.2 Å². The first-order valence-electron chi connectivity index (χ1n) is 10.3. The lowest BCUT2D eigenvalue weighted by atomic mass is 10.2. The lowest BCUT2D eigenvalue weighted by molar-refractivity contribution is -0.114. The smallest absolute Gasteiger partial charge is 0.408 e. The van der Waals surface area contributed by atoms with Gasteiger partial charge in [0, 0.05) is 12.8 Å². The van der Waals surface area contributed by atoms with Crippen LogP contribution in [0.5, 0.6) is 0 Å². The first kappa shape index (κ1) is 32.3. The lowest BCUT2D eigenvalue weighted by Crippen LogP contribution is -2.38. The molecule has 0 heterocycles. The zero-order chi connectivity index (χ0) is 24.2. The number of carbonyl (C=O) groups excluding carboxylic acids is 3. The average Bonchev–Trinajstić information content (AvgIpc) is 3.13. The Hall–Kier alpha value is -1.92. The van der Waals surface area contributed by atoms with Gasteiger partial charge in [0.2, 0.25) is 0 Å². The van der Waals surface area contributed by atoms with Gasteiger partial charge in [-0.25, -0.2) is 9.59 Å². The Labute approximate surface area is 195 Å². The molecule has 0 aromatic carbocycles. The van der Waals surface area contributed by atoms with Gasteiger partial charge in [-0.15, -0.1) is 8.58 Å². The molecule has 186 valence electrons.